The molecule has 0 bridgehead atoms. The third-order valence-electron chi connectivity index (χ3n) is 7.41. The minimum absolute atomic E-state index is 0.168. The van der Waals surface area contributed by atoms with E-state index in [-0.39, 0.29) is 23.7 Å². The lowest BCUT2D eigenvalue weighted by molar-refractivity contribution is 0.0966. The fourth-order valence-corrected chi connectivity index (χ4v) is 6.48. The molecule has 2 aliphatic rings. The highest BCUT2D eigenvalue weighted by atomic mass is 32.2. The largest absolute Gasteiger partial charge is 0.393 e. The second-order valence-corrected chi connectivity index (χ2v) is 13.1. The minimum Gasteiger partial charge on any atom is -0.393 e. The topological polar surface area (TPSA) is 112 Å². The minimum atomic E-state index is -2.97. The van der Waals surface area contributed by atoms with Crippen molar-refractivity contribution in [2.24, 2.45) is 11.8 Å². The summed E-state index contributed by atoms with van der Waals surface area (Å²) in [5.74, 6) is 2.94. The van der Waals surface area contributed by atoms with Gasteiger partial charge < -0.3 is 20.2 Å². The average molecular weight is 525 g/mol. The molecule has 0 saturated carbocycles. The van der Waals surface area contributed by atoms with E-state index in [4.69, 9.17) is 9.97 Å². The Morgan fingerprint density at radius 2 is 1.86 bits per heavy atom. The SMILES string of the molecule is CC(C)c1ccc(N2CC(CS(C)(=O)=O)C2)c2cnc(Nc3ccnc(N4CC[C@@H](O)[C@H](C)C4)n3)cc12. The molecule has 2 aliphatic heterocycles. The van der Waals surface area contributed by atoms with Gasteiger partial charge in [-0.2, -0.15) is 4.98 Å². The van der Waals surface area contributed by atoms with Gasteiger partial charge in [0, 0.05) is 61.8 Å². The third-order valence-corrected chi connectivity index (χ3v) is 8.49. The first-order valence-corrected chi connectivity index (χ1v) is 15.0. The first-order chi connectivity index (χ1) is 17.6. The summed E-state index contributed by atoms with van der Waals surface area (Å²) in [7, 11) is -2.97. The van der Waals surface area contributed by atoms with Crippen molar-refractivity contribution >= 4 is 43.9 Å². The van der Waals surface area contributed by atoms with Crippen molar-refractivity contribution in [3.63, 3.8) is 0 Å². The maximum Gasteiger partial charge on any atom is 0.227 e. The molecule has 2 N–H and O–H groups in total. The Hall–Kier alpha value is -2.98. The summed E-state index contributed by atoms with van der Waals surface area (Å²) < 4.78 is 23.4. The number of nitrogens with one attached hydrogen (secondary N) is 1. The van der Waals surface area contributed by atoms with Gasteiger partial charge >= 0.3 is 0 Å². The van der Waals surface area contributed by atoms with Gasteiger partial charge in [-0.05, 0) is 47.4 Å². The highest BCUT2D eigenvalue weighted by molar-refractivity contribution is 7.90. The molecular weight excluding hydrogens is 488 g/mol. The number of benzene rings is 1. The van der Waals surface area contributed by atoms with Gasteiger partial charge in [-0.25, -0.2) is 18.4 Å². The summed E-state index contributed by atoms with van der Waals surface area (Å²) in [6, 6.07) is 8.21. The van der Waals surface area contributed by atoms with E-state index in [1.54, 1.807) is 6.20 Å². The molecule has 2 saturated heterocycles. The molecule has 3 aromatic rings. The smallest absolute Gasteiger partial charge is 0.227 e. The predicted octanol–water partition coefficient (Wildman–Crippen LogP) is 3.58. The Bertz CT molecular complexity index is 1390. The monoisotopic (exact) mass is 524 g/mol. The van der Waals surface area contributed by atoms with E-state index in [9.17, 15) is 13.5 Å². The number of aromatic nitrogens is 3. The molecule has 0 radical (unpaired) electrons. The molecule has 0 amide bonds. The molecule has 0 unspecified atom stereocenters. The summed E-state index contributed by atoms with van der Waals surface area (Å²) in [6.07, 6.45) is 5.38. The normalized spacial score (nSPS) is 20.9. The second-order valence-electron chi connectivity index (χ2n) is 11.0. The fourth-order valence-electron chi connectivity index (χ4n) is 5.41. The van der Waals surface area contributed by atoms with Gasteiger partial charge in [0.1, 0.15) is 21.5 Å². The van der Waals surface area contributed by atoms with Crippen molar-refractivity contribution in [3.05, 3.63) is 42.2 Å². The van der Waals surface area contributed by atoms with E-state index in [1.165, 1.54) is 11.8 Å². The van der Waals surface area contributed by atoms with Crippen LogP contribution in [0.15, 0.2) is 36.7 Å². The number of aliphatic hydroxyl groups is 1. The quantitative estimate of drug-likeness (QED) is 0.479. The molecule has 0 aliphatic carbocycles. The molecule has 37 heavy (non-hydrogen) atoms. The molecule has 1 aromatic carbocycles. The Balaban J connectivity index is 1.39. The number of aliphatic hydroxyl groups excluding tert-OH is 1. The van der Waals surface area contributed by atoms with E-state index < -0.39 is 9.84 Å². The molecule has 198 valence electrons. The molecule has 2 atom stereocenters. The molecule has 2 aromatic heterocycles. The third kappa shape index (κ3) is 5.65. The fraction of sp³-hybridized carbons (Fsp3) is 0.519. The van der Waals surface area contributed by atoms with Crippen LogP contribution in [0.5, 0.6) is 0 Å². The van der Waals surface area contributed by atoms with Crippen LogP contribution in [0.25, 0.3) is 10.8 Å². The van der Waals surface area contributed by atoms with E-state index in [2.05, 4.69) is 52.1 Å². The Labute approximate surface area is 218 Å². The molecule has 4 heterocycles. The zero-order valence-corrected chi connectivity index (χ0v) is 22.7. The number of fused-ring (bicyclic) bond motifs is 1. The highest BCUT2D eigenvalue weighted by Crippen LogP contribution is 2.37. The number of hydrogen-bond acceptors (Lipinski definition) is 9. The van der Waals surface area contributed by atoms with Crippen LogP contribution in [0.2, 0.25) is 0 Å². The van der Waals surface area contributed by atoms with E-state index in [0.717, 1.165) is 42.6 Å². The Kier molecular flexibility index (Phi) is 6.97. The van der Waals surface area contributed by atoms with E-state index in [1.807, 2.05) is 19.2 Å². The van der Waals surface area contributed by atoms with Crippen LogP contribution >= 0.6 is 0 Å². The summed E-state index contributed by atoms with van der Waals surface area (Å²) in [4.78, 5) is 18.2. The van der Waals surface area contributed by atoms with Gasteiger partial charge in [-0.15, -0.1) is 0 Å². The van der Waals surface area contributed by atoms with Crippen molar-refractivity contribution in [3.8, 4) is 0 Å². The first kappa shape index (κ1) is 25.7. The highest BCUT2D eigenvalue weighted by Gasteiger charge is 2.31. The maximum atomic E-state index is 11.7. The van der Waals surface area contributed by atoms with Gasteiger partial charge in [0.2, 0.25) is 5.95 Å². The molecule has 10 heteroatoms. The van der Waals surface area contributed by atoms with Crippen molar-refractivity contribution in [2.75, 3.05) is 53.3 Å². The number of rotatable bonds is 7. The molecule has 5 rings (SSSR count). The van der Waals surface area contributed by atoms with Crippen molar-refractivity contribution in [1.29, 1.82) is 0 Å². The van der Waals surface area contributed by atoms with Gasteiger partial charge in [-0.3, -0.25) is 0 Å². The van der Waals surface area contributed by atoms with E-state index >= 15 is 0 Å². The summed E-state index contributed by atoms with van der Waals surface area (Å²) in [5.41, 5.74) is 2.33. The number of anilines is 4. The van der Waals surface area contributed by atoms with Crippen LogP contribution in [0.1, 0.15) is 38.7 Å². The molecular formula is C27H36N6O3S. The Morgan fingerprint density at radius 3 is 2.57 bits per heavy atom. The van der Waals surface area contributed by atoms with Crippen LogP contribution in [0.3, 0.4) is 0 Å². The first-order valence-electron chi connectivity index (χ1n) is 13.0. The zero-order valence-electron chi connectivity index (χ0n) is 21.9. The number of sulfone groups is 1. The second kappa shape index (κ2) is 10.1. The molecule has 9 nitrogen and oxygen atoms in total. The predicted molar refractivity (Wildman–Crippen MR) is 149 cm³/mol. The van der Waals surface area contributed by atoms with Gasteiger partial charge in [0.05, 0.1) is 11.9 Å². The summed E-state index contributed by atoms with van der Waals surface area (Å²) in [6.45, 7) is 9.33. The summed E-state index contributed by atoms with van der Waals surface area (Å²) >= 11 is 0. The van der Waals surface area contributed by atoms with Crippen molar-refractivity contribution in [1.82, 2.24) is 15.0 Å². The zero-order chi connectivity index (χ0) is 26.3. The van der Waals surface area contributed by atoms with Crippen molar-refractivity contribution in [2.45, 2.75) is 39.2 Å². The number of pyridine rings is 1. The lowest BCUT2D eigenvalue weighted by Crippen LogP contribution is -2.49. The van der Waals surface area contributed by atoms with Crippen LogP contribution in [0, 0.1) is 11.8 Å². The number of piperidine rings is 1. The van der Waals surface area contributed by atoms with Crippen LogP contribution in [-0.2, 0) is 9.84 Å². The van der Waals surface area contributed by atoms with Gasteiger partial charge in [-0.1, -0.05) is 26.8 Å². The van der Waals surface area contributed by atoms with Gasteiger partial charge in [0.15, 0.2) is 0 Å². The van der Waals surface area contributed by atoms with Crippen LogP contribution < -0.4 is 15.1 Å². The van der Waals surface area contributed by atoms with Crippen LogP contribution in [0.4, 0.5) is 23.3 Å². The van der Waals surface area contributed by atoms with Crippen LogP contribution in [-0.4, -0.2) is 72.8 Å². The van der Waals surface area contributed by atoms with Crippen molar-refractivity contribution < 1.29 is 13.5 Å². The lowest BCUT2D eigenvalue weighted by Gasteiger charge is -2.41. The average Bonchev–Trinajstić information content (AvgIpc) is 2.82. The lowest BCUT2D eigenvalue weighted by atomic mass is 9.93. The summed E-state index contributed by atoms with van der Waals surface area (Å²) in [5, 5.41) is 15.6. The standard InChI is InChI=1S/C27H36N6O3S/c1-17(2)20-5-6-23(33-14-19(15-33)16-37(4,35)36)22-12-29-26(11-21(20)22)30-25-7-9-28-27(31-25)32-10-8-24(34)18(3)13-32/h5-7,9,11-12,17-19,24,34H,8,10,13-16H2,1-4H3,(H,28,29,30,31)/t18-,24-/m1/s1. The van der Waals surface area contributed by atoms with Gasteiger partial charge in [0.25, 0.3) is 0 Å². The van der Waals surface area contributed by atoms with E-state index in [0.29, 0.717) is 29.9 Å². The molecule has 2 fully saturated rings. The molecule has 0 spiro atoms. The Morgan fingerprint density at radius 1 is 1.08 bits per heavy atom. The number of hydrogen-bond donors (Lipinski definition) is 2. The maximum absolute atomic E-state index is 11.7. The number of nitrogens with zero attached hydrogens (tertiary/aromatic N) is 5.